The Morgan fingerprint density at radius 2 is 1.55 bits per heavy atom. The van der Waals surface area contributed by atoms with Crippen molar-refractivity contribution in [3.05, 3.63) is 32.8 Å². The predicted molar refractivity (Wildman–Crippen MR) is 89.3 cm³/mol. The van der Waals surface area contributed by atoms with Crippen LogP contribution in [-0.4, -0.2) is 28.5 Å². The van der Waals surface area contributed by atoms with E-state index in [2.05, 4.69) is 40.8 Å². The summed E-state index contributed by atoms with van der Waals surface area (Å²) in [7, 11) is 9.93. The van der Waals surface area contributed by atoms with Gasteiger partial charge >= 0.3 is 37.9 Å². The first kappa shape index (κ1) is 21.1. The Balaban J connectivity index is 0.00000110. The molecular formula is C14H25Cl2NOSiZr-. The van der Waals surface area contributed by atoms with E-state index in [0.717, 1.165) is 13.2 Å². The number of halogens is 2. The first-order valence-corrected chi connectivity index (χ1v) is 15.9. The molecule has 0 aliphatic heterocycles. The molecule has 1 aliphatic rings. The number of hydrogen-bond acceptors (Lipinski definition) is 1. The Kier molecular flexibility index (Phi) is 10.5. The van der Waals surface area contributed by atoms with Crippen LogP contribution < -0.4 is 0 Å². The summed E-state index contributed by atoms with van der Waals surface area (Å²) in [5, 5.41) is 1.53. The van der Waals surface area contributed by atoms with Crippen LogP contribution in [0.4, 0.5) is 0 Å². The topological polar surface area (TPSA) is 23.3 Å². The molecule has 0 aromatic carbocycles. The van der Waals surface area contributed by atoms with Crippen LogP contribution in [0.5, 0.6) is 0 Å². The molecule has 1 aliphatic carbocycles. The maximum atomic E-state index is 5.09. The van der Waals surface area contributed by atoms with Gasteiger partial charge in [0.2, 0.25) is 0 Å². The Morgan fingerprint density at radius 3 is 1.90 bits per heavy atom. The van der Waals surface area contributed by atoms with Crippen LogP contribution in [0, 0.1) is 5.92 Å². The molecule has 0 unspecified atom stereocenters. The third kappa shape index (κ3) is 5.70. The van der Waals surface area contributed by atoms with E-state index in [1.807, 2.05) is 0 Å². The Hall–Kier alpha value is 1.08. The van der Waals surface area contributed by atoms with Crippen molar-refractivity contribution in [1.82, 2.24) is 0 Å². The van der Waals surface area contributed by atoms with Crippen molar-refractivity contribution >= 4 is 25.3 Å². The molecule has 0 bridgehead atoms. The van der Waals surface area contributed by atoms with Crippen molar-refractivity contribution in [2.24, 2.45) is 0 Å². The molecule has 0 saturated heterocycles. The fourth-order valence-electron chi connectivity index (χ4n) is 2.63. The van der Waals surface area contributed by atoms with Gasteiger partial charge in [-0.05, 0) is 34.6 Å². The standard InChI is InChI=1S/C14H25NOSi.2ClH.Zr/c1-10-11(2)13(4)14(12(10)3)17(6,7)15-8-9-16-5;;;/h8-9H2,1-7H3;2*1H;/q-1;;;+2/p-2. The molecule has 0 aromatic heterocycles. The van der Waals surface area contributed by atoms with Gasteiger partial charge in [-0.2, -0.15) is 0 Å². The van der Waals surface area contributed by atoms with Gasteiger partial charge in [-0.3, -0.25) is 0 Å². The normalized spacial score (nSPS) is 16.4. The van der Waals surface area contributed by atoms with E-state index in [-0.39, 0.29) is 0 Å². The Morgan fingerprint density at radius 1 is 1.05 bits per heavy atom. The maximum absolute atomic E-state index is 5.09. The number of methoxy groups -OCH3 is 1. The van der Waals surface area contributed by atoms with E-state index in [1.165, 1.54) is 27.8 Å². The molecular weight excluding hydrogens is 388 g/mol. The third-order valence-corrected chi connectivity index (χ3v) is 6.84. The molecule has 0 atom stereocenters. The summed E-state index contributed by atoms with van der Waals surface area (Å²) in [6, 6.07) is 0. The molecule has 20 heavy (non-hydrogen) atoms. The van der Waals surface area contributed by atoms with Crippen molar-refractivity contribution in [2.75, 3.05) is 20.3 Å². The Labute approximate surface area is 144 Å². The van der Waals surface area contributed by atoms with E-state index in [9.17, 15) is 0 Å². The van der Waals surface area contributed by atoms with E-state index in [4.69, 9.17) is 26.7 Å². The zero-order valence-corrected chi connectivity index (χ0v) is 18.5. The molecule has 2 nitrogen and oxygen atoms in total. The first-order valence-electron chi connectivity index (χ1n) is 6.61. The summed E-state index contributed by atoms with van der Waals surface area (Å²) in [5.74, 6) is 1.46. The van der Waals surface area contributed by atoms with Crippen molar-refractivity contribution in [3.63, 3.8) is 0 Å². The summed E-state index contributed by atoms with van der Waals surface area (Å²) in [4.78, 5) is 4.91. The molecule has 0 amide bonds. The minimum absolute atomic E-state index is 0.729. The van der Waals surface area contributed by atoms with E-state index in [0.29, 0.717) is 0 Å². The van der Waals surface area contributed by atoms with Gasteiger partial charge in [-0.1, -0.05) is 36.4 Å². The van der Waals surface area contributed by atoms with Gasteiger partial charge in [0, 0.05) is 19.6 Å². The monoisotopic (exact) mass is 411 g/mol. The molecule has 0 saturated carbocycles. The van der Waals surface area contributed by atoms with Crippen LogP contribution in [0.1, 0.15) is 27.7 Å². The second kappa shape index (κ2) is 9.97. The quantitative estimate of drug-likeness (QED) is 0.438. The second-order valence-corrected chi connectivity index (χ2v) is 13.0. The van der Waals surface area contributed by atoms with Gasteiger partial charge < -0.3 is 9.72 Å². The summed E-state index contributed by atoms with van der Waals surface area (Å²) in [5.41, 5.74) is 4.35. The fourth-order valence-corrected chi connectivity index (χ4v) is 5.65. The van der Waals surface area contributed by atoms with Crippen molar-refractivity contribution < 1.29 is 25.6 Å². The Bertz CT molecular complexity index is 383. The second-order valence-electron chi connectivity index (χ2n) is 5.38. The van der Waals surface area contributed by atoms with Crippen LogP contribution in [0.2, 0.25) is 13.1 Å². The average Bonchev–Trinajstić information content (AvgIpc) is 2.55. The van der Waals surface area contributed by atoms with Crippen molar-refractivity contribution in [1.29, 1.82) is 0 Å². The fraction of sp³-hybridized carbons (Fsp3) is 0.643. The molecule has 0 N–H and O–H groups in total. The van der Waals surface area contributed by atoms with Gasteiger partial charge in [0.05, 0.1) is 0 Å². The zero-order chi connectivity index (χ0) is 15.9. The molecule has 0 fully saturated rings. The first-order chi connectivity index (χ1) is 9.24. The number of ether oxygens (including phenoxy) is 1. The third-order valence-electron chi connectivity index (χ3n) is 3.85. The van der Waals surface area contributed by atoms with Crippen LogP contribution in [-0.2, 0) is 25.6 Å². The average molecular weight is 414 g/mol. The van der Waals surface area contributed by atoms with Crippen LogP contribution in [0.15, 0.2) is 21.9 Å². The van der Waals surface area contributed by atoms with E-state index < -0.39 is 29.1 Å². The van der Waals surface area contributed by atoms with Crippen LogP contribution in [0.3, 0.4) is 0 Å². The van der Waals surface area contributed by atoms with Gasteiger partial charge in [0.15, 0.2) is 0 Å². The summed E-state index contributed by atoms with van der Waals surface area (Å²) >= 11 is -0.826. The van der Waals surface area contributed by atoms with Crippen molar-refractivity contribution in [3.8, 4) is 0 Å². The summed E-state index contributed by atoms with van der Waals surface area (Å²) < 4.78 is 5.09. The van der Waals surface area contributed by atoms with Gasteiger partial charge in [-0.25, -0.2) is 0 Å². The number of allylic oxidation sites excluding steroid dienone is 4. The summed E-state index contributed by atoms with van der Waals surface area (Å²) in [6.07, 6.45) is 0. The zero-order valence-electron chi connectivity index (χ0n) is 13.5. The van der Waals surface area contributed by atoms with Gasteiger partial charge in [-0.15, -0.1) is 6.54 Å². The predicted octanol–water partition coefficient (Wildman–Crippen LogP) is 5.39. The number of nitrogens with zero attached hydrogens (tertiary/aromatic N) is 1. The minimum atomic E-state index is -1.67. The molecule has 6 heteroatoms. The number of rotatable bonds is 5. The van der Waals surface area contributed by atoms with E-state index >= 15 is 0 Å². The molecule has 0 spiro atoms. The molecule has 1 radical (unpaired) electrons. The van der Waals surface area contributed by atoms with Gasteiger partial charge in [0.25, 0.3) is 0 Å². The molecule has 0 heterocycles. The molecule has 1 rings (SSSR count). The van der Waals surface area contributed by atoms with Crippen LogP contribution in [0.25, 0.3) is 4.98 Å². The molecule has 115 valence electrons. The number of hydrogen-bond donors (Lipinski definition) is 0. The van der Waals surface area contributed by atoms with E-state index in [1.54, 1.807) is 7.11 Å². The van der Waals surface area contributed by atoms with Crippen LogP contribution >= 0.6 is 17.0 Å². The summed E-state index contributed by atoms with van der Waals surface area (Å²) in [6.45, 7) is 15.1. The van der Waals surface area contributed by atoms with Crippen molar-refractivity contribution in [2.45, 2.75) is 40.8 Å². The SMILES string of the molecule is COCC[N-][Si](C)(C)C1=C(C)C(C)=C(C)[C]1C.[Cl][Zr][Cl]. The van der Waals surface area contributed by atoms with Gasteiger partial charge in [0.1, 0.15) is 0 Å². The molecule has 0 aromatic rings.